The van der Waals surface area contributed by atoms with E-state index in [1.165, 1.54) is 0 Å². The van der Waals surface area contributed by atoms with Crippen molar-refractivity contribution in [3.8, 4) is 0 Å². The molecule has 0 bridgehead atoms. The van der Waals surface area contributed by atoms with Crippen molar-refractivity contribution in [2.75, 3.05) is 6.54 Å². The highest BCUT2D eigenvalue weighted by atomic mass is 16.6. The Bertz CT molecular complexity index is 244. The molecule has 1 aromatic heterocycles. The standard InChI is InChI=1S/C8H13N3O/c1-3-4-5-9-6-8-7(2)10-12-11-8/h3,9H,1,4-6H2,2H3. The normalized spacial score (nSPS) is 10.1. The predicted molar refractivity (Wildman–Crippen MR) is 45.6 cm³/mol. The largest absolute Gasteiger partial charge is 0.311 e. The van der Waals surface area contributed by atoms with Crippen molar-refractivity contribution in [1.82, 2.24) is 15.6 Å². The van der Waals surface area contributed by atoms with E-state index in [2.05, 4.69) is 26.8 Å². The van der Waals surface area contributed by atoms with Crippen molar-refractivity contribution in [2.24, 2.45) is 0 Å². The molecule has 0 aliphatic heterocycles. The lowest BCUT2D eigenvalue weighted by atomic mass is 10.3. The number of rotatable bonds is 5. The summed E-state index contributed by atoms with van der Waals surface area (Å²) >= 11 is 0. The zero-order valence-electron chi connectivity index (χ0n) is 7.21. The zero-order chi connectivity index (χ0) is 8.81. The van der Waals surface area contributed by atoms with E-state index in [0.29, 0.717) is 6.54 Å². The van der Waals surface area contributed by atoms with Crippen molar-refractivity contribution < 1.29 is 4.63 Å². The third-order valence-corrected chi connectivity index (χ3v) is 1.56. The molecule has 0 fully saturated rings. The van der Waals surface area contributed by atoms with E-state index >= 15 is 0 Å². The maximum absolute atomic E-state index is 4.54. The summed E-state index contributed by atoms with van der Waals surface area (Å²) in [5.74, 6) is 0. The molecule has 1 heterocycles. The van der Waals surface area contributed by atoms with Gasteiger partial charge in [0.1, 0.15) is 11.4 Å². The first-order valence-electron chi connectivity index (χ1n) is 3.94. The molecule has 0 saturated carbocycles. The van der Waals surface area contributed by atoms with Crippen LogP contribution in [0.3, 0.4) is 0 Å². The molecule has 12 heavy (non-hydrogen) atoms. The van der Waals surface area contributed by atoms with Crippen molar-refractivity contribution in [2.45, 2.75) is 19.9 Å². The second-order valence-corrected chi connectivity index (χ2v) is 2.55. The molecule has 0 spiro atoms. The number of aromatic nitrogens is 2. The Labute approximate surface area is 71.6 Å². The first kappa shape index (κ1) is 8.93. The van der Waals surface area contributed by atoms with Crippen molar-refractivity contribution >= 4 is 0 Å². The second kappa shape index (κ2) is 4.66. The van der Waals surface area contributed by atoms with Gasteiger partial charge in [-0.25, -0.2) is 4.63 Å². The summed E-state index contributed by atoms with van der Waals surface area (Å²) in [4.78, 5) is 0. The number of aryl methyl sites for hydroxylation is 1. The molecule has 1 aromatic rings. The fourth-order valence-corrected chi connectivity index (χ4v) is 0.821. The maximum Gasteiger partial charge on any atom is 0.121 e. The van der Waals surface area contributed by atoms with Crippen LogP contribution in [0.4, 0.5) is 0 Å². The molecule has 0 unspecified atom stereocenters. The highest BCUT2D eigenvalue weighted by Crippen LogP contribution is 1.98. The van der Waals surface area contributed by atoms with Crippen LogP contribution in [0.5, 0.6) is 0 Å². The van der Waals surface area contributed by atoms with E-state index < -0.39 is 0 Å². The number of hydrogen-bond donors (Lipinski definition) is 1. The summed E-state index contributed by atoms with van der Waals surface area (Å²) < 4.78 is 4.54. The fraction of sp³-hybridized carbons (Fsp3) is 0.500. The van der Waals surface area contributed by atoms with E-state index in [4.69, 9.17) is 0 Å². The highest BCUT2D eigenvalue weighted by Gasteiger charge is 2.02. The maximum atomic E-state index is 4.54. The molecular formula is C8H13N3O. The molecule has 4 nitrogen and oxygen atoms in total. The lowest BCUT2D eigenvalue weighted by Crippen LogP contribution is -2.14. The number of nitrogens with zero attached hydrogens (tertiary/aromatic N) is 2. The van der Waals surface area contributed by atoms with Crippen LogP contribution >= 0.6 is 0 Å². The molecule has 4 heteroatoms. The van der Waals surface area contributed by atoms with Crippen LogP contribution in [0.15, 0.2) is 17.3 Å². The molecule has 0 aliphatic rings. The molecule has 0 atom stereocenters. The van der Waals surface area contributed by atoms with Crippen LogP contribution in [0, 0.1) is 6.92 Å². The molecule has 0 saturated heterocycles. The van der Waals surface area contributed by atoms with Crippen LogP contribution in [-0.4, -0.2) is 16.9 Å². The molecule has 0 radical (unpaired) electrons. The van der Waals surface area contributed by atoms with Gasteiger partial charge in [-0.2, -0.15) is 0 Å². The Balaban J connectivity index is 2.24. The first-order valence-corrected chi connectivity index (χ1v) is 3.94. The molecule has 0 aromatic carbocycles. The summed E-state index contributed by atoms with van der Waals surface area (Å²) in [7, 11) is 0. The second-order valence-electron chi connectivity index (χ2n) is 2.55. The predicted octanol–water partition coefficient (Wildman–Crippen LogP) is 1.04. The summed E-state index contributed by atoms with van der Waals surface area (Å²) in [6.07, 6.45) is 2.84. The Hall–Kier alpha value is -1.16. The van der Waals surface area contributed by atoms with E-state index in [0.717, 1.165) is 24.4 Å². The van der Waals surface area contributed by atoms with E-state index in [1.807, 2.05) is 13.0 Å². The van der Waals surface area contributed by atoms with Gasteiger partial charge in [-0.05, 0) is 19.9 Å². The lowest BCUT2D eigenvalue weighted by molar-refractivity contribution is 0.300. The van der Waals surface area contributed by atoms with E-state index in [1.54, 1.807) is 0 Å². The third-order valence-electron chi connectivity index (χ3n) is 1.56. The Kier molecular flexibility index (Phi) is 3.47. The topological polar surface area (TPSA) is 51.0 Å². The van der Waals surface area contributed by atoms with Gasteiger partial charge in [-0.3, -0.25) is 0 Å². The smallest absolute Gasteiger partial charge is 0.121 e. The minimum atomic E-state index is 0.711. The lowest BCUT2D eigenvalue weighted by Gasteiger charge is -1.97. The molecule has 0 amide bonds. The molecule has 0 aliphatic carbocycles. The van der Waals surface area contributed by atoms with Gasteiger partial charge in [-0.15, -0.1) is 6.58 Å². The summed E-state index contributed by atoms with van der Waals surface area (Å²) in [6, 6.07) is 0. The van der Waals surface area contributed by atoms with Gasteiger partial charge < -0.3 is 5.32 Å². The van der Waals surface area contributed by atoms with Crippen LogP contribution in [0.25, 0.3) is 0 Å². The fourth-order valence-electron chi connectivity index (χ4n) is 0.821. The molecular weight excluding hydrogens is 154 g/mol. The minimum absolute atomic E-state index is 0.711. The monoisotopic (exact) mass is 167 g/mol. The van der Waals surface area contributed by atoms with Gasteiger partial charge >= 0.3 is 0 Å². The average Bonchev–Trinajstić information content (AvgIpc) is 2.46. The van der Waals surface area contributed by atoms with Gasteiger partial charge in [0.15, 0.2) is 0 Å². The molecule has 1 rings (SSSR count). The molecule has 66 valence electrons. The Morgan fingerprint density at radius 2 is 2.42 bits per heavy atom. The Morgan fingerprint density at radius 1 is 1.58 bits per heavy atom. The average molecular weight is 167 g/mol. The van der Waals surface area contributed by atoms with Gasteiger partial charge in [0, 0.05) is 6.54 Å². The van der Waals surface area contributed by atoms with Crippen molar-refractivity contribution in [3.05, 3.63) is 24.0 Å². The summed E-state index contributed by atoms with van der Waals surface area (Å²) in [5, 5.41) is 10.6. The van der Waals surface area contributed by atoms with Crippen LogP contribution in [-0.2, 0) is 6.54 Å². The van der Waals surface area contributed by atoms with Gasteiger partial charge in [0.2, 0.25) is 0 Å². The quantitative estimate of drug-likeness (QED) is 0.526. The van der Waals surface area contributed by atoms with Crippen LogP contribution in [0.2, 0.25) is 0 Å². The van der Waals surface area contributed by atoms with Gasteiger partial charge in [0.25, 0.3) is 0 Å². The van der Waals surface area contributed by atoms with E-state index in [-0.39, 0.29) is 0 Å². The Morgan fingerprint density at radius 3 is 3.00 bits per heavy atom. The summed E-state index contributed by atoms with van der Waals surface area (Å²) in [5.41, 5.74) is 1.72. The van der Waals surface area contributed by atoms with E-state index in [9.17, 15) is 0 Å². The third kappa shape index (κ3) is 2.47. The van der Waals surface area contributed by atoms with Crippen molar-refractivity contribution in [1.29, 1.82) is 0 Å². The van der Waals surface area contributed by atoms with Crippen LogP contribution < -0.4 is 5.32 Å². The van der Waals surface area contributed by atoms with Gasteiger partial charge in [0.05, 0.1) is 0 Å². The number of hydrogen-bond acceptors (Lipinski definition) is 4. The number of nitrogens with one attached hydrogen (secondary N) is 1. The zero-order valence-corrected chi connectivity index (χ0v) is 7.21. The highest BCUT2D eigenvalue weighted by molar-refractivity contribution is 5.03. The van der Waals surface area contributed by atoms with Crippen molar-refractivity contribution in [3.63, 3.8) is 0 Å². The minimum Gasteiger partial charge on any atom is -0.311 e. The van der Waals surface area contributed by atoms with Gasteiger partial charge in [-0.1, -0.05) is 16.4 Å². The molecule has 1 N–H and O–H groups in total. The SMILES string of the molecule is C=CCCNCc1nonc1C. The summed E-state index contributed by atoms with van der Waals surface area (Å²) in [6.45, 7) is 7.13. The first-order chi connectivity index (χ1) is 5.84. The van der Waals surface area contributed by atoms with Crippen LogP contribution in [0.1, 0.15) is 17.8 Å².